The Morgan fingerprint density at radius 2 is 1.90 bits per heavy atom. The van der Waals surface area contributed by atoms with E-state index in [0.717, 1.165) is 28.2 Å². The van der Waals surface area contributed by atoms with Gasteiger partial charge in [-0.2, -0.15) is 0 Å². The third-order valence-electron chi connectivity index (χ3n) is 5.37. The summed E-state index contributed by atoms with van der Waals surface area (Å²) >= 11 is 1.32. The average molecular weight is 437 g/mol. The van der Waals surface area contributed by atoms with E-state index in [2.05, 4.69) is 28.5 Å². The van der Waals surface area contributed by atoms with E-state index in [1.165, 1.54) is 11.3 Å². The number of hydrogen-bond acceptors (Lipinski definition) is 6. The van der Waals surface area contributed by atoms with Crippen molar-refractivity contribution in [3.8, 4) is 5.75 Å². The zero-order chi connectivity index (χ0) is 21.8. The van der Waals surface area contributed by atoms with Crippen LogP contribution in [0.25, 0.3) is 0 Å². The van der Waals surface area contributed by atoms with Gasteiger partial charge in [-0.05, 0) is 24.1 Å². The molecule has 0 spiro atoms. The molecule has 1 unspecified atom stereocenters. The maximum absolute atomic E-state index is 12.7. The second kappa shape index (κ2) is 9.26. The Kier molecular flexibility index (Phi) is 6.27. The number of amides is 2. The summed E-state index contributed by atoms with van der Waals surface area (Å²) in [6.07, 6.45) is 1.44. The van der Waals surface area contributed by atoms with Crippen LogP contribution in [0.1, 0.15) is 35.4 Å². The standard InChI is InChI=1S/C23H24N4O3S/c1-3-15-8-4-6-10-18(15)27-14-17(13-21(27)29)22-25-26-23(31-22)24-20(28)12-16-9-5-7-11-19(16)30-2/h4-11,17H,3,12-14H2,1-2H3,(H,24,26,28). The summed E-state index contributed by atoms with van der Waals surface area (Å²) in [5, 5.41) is 12.4. The first-order valence-corrected chi connectivity index (χ1v) is 11.0. The summed E-state index contributed by atoms with van der Waals surface area (Å²) in [5.74, 6) is 0.540. The molecule has 31 heavy (non-hydrogen) atoms. The van der Waals surface area contributed by atoms with Crippen LogP contribution < -0.4 is 15.0 Å². The molecule has 8 heteroatoms. The molecule has 160 valence electrons. The number of ether oxygens (including phenoxy) is 1. The number of rotatable bonds is 7. The Bertz CT molecular complexity index is 1100. The number of nitrogens with one attached hydrogen (secondary N) is 1. The van der Waals surface area contributed by atoms with E-state index in [1.54, 1.807) is 7.11 Å². The number of aromatic nitrogens is 2. The van der Waals surface area contributed by atoms with Crippen molar-refractivity contribution in [1.29, 1.82) is 0 Å². The fourth-order valence-corrected chi connectivity index (χ4v) is 4.67. The summed E-state index contributed by atoms with van der Waals surface area (Å²) in [6, 6.07) is 15.4. The Hall–Kier alpha value is -3.26. The fraction of sp³-hybridized carbons (Fsp3) is 0.304. The summed E-state index contributed by atoms with van der Waals surface area (Å²) in [4.78, 5) is 27.0. The van der Waals surface area contributed by atoms with Crippen molar-refractivity contribution < 1.29 is 14.3 Å². The Labute approximate surface area is 185 Å². The summed E-state index contributed by atoms with van der Waals surface area (Å²) in [7, 11) is 1.58. The van der Waals surface area contributed by atoms with E-state index >= 15 is 0 Å². The lowest BCUT2D eigenvalue weighted by Crippen LogP contribution is -2.25. The lowest BCUT2D eigenvalue weighted by molar-refractivity contribution is -0.117. The molecule has 1 saturated heterocycles. The van der Waals surface area contributed by atoms with Crippen LogP contribution in [0.2, 0.25) is 0 Å². The van der Waals surface area contributed by atoms with Gasteiger partial charge in [0.1, 0.15) is 10.8 Å². The number of methoxy groups -OCH3 is 1. The number of para-hydroxylation sites is 2. The van der Waals surface area contributed by atoms with E-state index in [0.29, 0.717) is 23.8 Å². The minimum atomic E-state index is -0.187. The Morgan fingerprint density at radius 3 is 2.68 bits per heavy atom. The molecule has 0 bridgehead atoms. The van der Waals surface area contributed by atoms with Crippen molar-refractivity contribution in [2.24, 2.45) is 0 Å². The third kappa shape index (κ3) is 4.59. The third-order valence-corrected chi connectivity index (χ3v) is 6.37. The molecule has 0 saturated carbocycles. The number of carbonyl (C=O) groups excluding carboxylic acids is 2. The van der Waals surface area contributed by atoms with Crippen molar-refractivity contribution in [2.45, 2.75) is 32.1 Å². The zero-order valence-corrected chi connectivity index (χ0v) is 18.3. The van der Waals surface area contributed by atoms with E-state index in [9.17, 15) is 9.59 Å². The van der Waals surface area contributed by atoms with Crippen molar-refractivity contribution in [3.05, 3.63) is 64.7 Å². The van der Waals surface area contributed by atoms with Crippen molar-refractivity contribution in [2.75, 3.05) is 23.9 Å². The van der Waals surface area contributed by atoms with Crippen LogP contribution in [-0.4, -0.2) is 35.7 Å². The first kappa shape index (κ1) is 21.0. The highest BCUT2D eigenvalue weighted by Crippen LogP contribution is 2.35. The predicted molar refractivity (Wildman–Crippen MR) is 121 cm³/mol. The largest absolute Gasteiger partial charge is 0.496 e. The maximum atomic E-state index is 12.7. The molecule has 1 atom stereocenters. The van der Waals surface area contributed by atoms with Gasteiger partial charge in [0.2, 0.25) is 16.9 Å². The zero-order valence-electron chi connectivity index (χ0n) is 17.5. The number of nitrogens with zero attached hydrogens (tertiary/aromatic N) is 3. The smallest absolute Gasteiger partial charge is 0.230 e. The molecule has 1 aromatic heterocycles. The van der Waals surface area contributed by atoms with Crippen LogP contribution in [0.4, 0.5) is 10.8 Å². The van der Waals surface area contributed by atoms with Gasteiger partial charge in [0.15, 0.2) is 0 Å². The van der Waals surface area contributed by atoms with E-state index in [1.807, 2.05) is 47.4 Å². The summed E-state index contributed by atoms with van der Waals surface area (Å²) < 4.78 is 5.30. The lowest BCUT2D eigenvalue weighted by atomic mass is 10.1. The molecule has 1 aliphatic rings. The number of benzene rings is 2. The van der Waals surface area contributed by atoms with Gasteiger partial charge in [-0.3, -0.25) is 9.59 Å². The number of aryl methyl sites for hydroxylation is 1. The number of anilines is 2. The van der Waals surface area contributed by atoms with E-state index in [-0.39, 0.29) is 24.2 Å². The van der Waals surface area contributed by atoms with Gasteiger partial charge in [-0.1, -0.05) is 54.7 Å². The molecule has 0 aliphatic carbocycles. The topological polar surface area (TPSA) is 84.4 Å². The molecule has 1 aliphatic heterocycles. The van der Waals surface area contributed by atoms with Gasteiger partial charge < -0.3 is 15.0 Å². The highest BCUT2D eigenvalue weighted by Gasteiger charge is 2.34. The van der Waals surface area contributed by atoms with Crippen molar-refractivity contribution >= 4 is 34.0 Å². The molecule has 2 amide bonds. The molecule has 2 aromatic carbocycles. The first-order chi connectivity index (χ1) is 15.1. The van der Waals surface area contributed by atoms with Crippen LogP contribution in [0.5, 0.6) is 5.75 Å². The van der Waals surface area contributed by atoms with Crippen LogP contribution >= 0.6 is 11.3 Å². The monoisotopic (exact) mass is 436 g/mol. The van der Waals surface area contributed by atoms with Crippen molar-refractivity contribution in [3.63, 3.8) is 0 Å². The van der Waals surface area contributed by atoms with Gasteiger partial charge in [0.05, 0.1) is 13.5 Å². The van der Waals surface area contributed by atoms with Crippen molar-refractivity contribution in [1.82, 2.24) is 10.2 Å². The van der Waals surface area contributed by atoms with Crippen LogP contribution in [0.3, 0.4) is 0 Å². The Morgan fingerprint density at radius 1 is 1.16 bits per heavy atom. The minimum absolute atomic E-state index is 0.0326. The molecule has 7 nitrogen and oxygen atoms in total. The average Bonchev–Trinajstić information content (AvgIpc) is 3.40. The molecular weight excluding hydrogens is 412 g/mol. The molecule has 0 radical (unpaired) electrons. The normalized spacial score (nSPS) is 15.9. The van der Waals surface area contributed by atoms with Gasteiger partial charge in [-0.15, -0.1) is 10.2 Å². The maximum Gasteiger partial charge on any atom is 0.230 e. The highest BCUT2D eigenvalue weighted by molar-refractivity contribution is 7.15. The lowest BCUT2D eigenvalue weighted by Gasteiger charge is -2.19. The van der Waals surface area contributed by atoms with Gasteiger partial charge in [-0.25, -0.2) is 0 Å². The summed E-state index contributed by atoms with van der Waals surface area (Å²) in [6.45, 7) is 2.65. The molecule has 2 heterocycles. The van der Waals surface area contributed by atoms with Crippen LogP contribution in [0.15, 0.2) is 48.5 Å². The van der Waals surface area contributed by atoms with E-state index in [4.69, 9.17) is 4.74 Å². The number of carbonyl (C=O) groups is 2. The SMILES string of the molecule is CCc1ccccc1N1CC(c2nnc(NC(=O)Cc3ccccc3OC)s2)CC1=O. The van der Waals surface area contributed by atoms with Gasteiger partial charge in [0, 0.05) is 30.1 Å². The van der Waals surface area contributed by atoms with Gasteiger partial charge >= 0.3 is 0 Å². The molecular formula is C23H24N4O3S. The second-order valence-corrected chi connectivity index (χ2v) is 8.38. The highest BCUT2D eigenvalue weighted by atomic mass is 32.1. The van der Waals surface area contributed by atoms with E-state index < -0.39 is 0 Å². The first-order valence-electron chi connectivity index (χ1n) is 10.2. The summed E-state index contributed by atoms with van der Waals surface area (Å²) in [5.41, 5.74) is 2.92. The molecule has 1 fully saturated rings. The predicted octanol–water partition coefficient (Wildman–Crippen LogP) is 3.81. The van der Waals surface area contributed by atoms with Gasteiger partial charge in [0.25, 0.3) is 0 Å². The molecule has 3 aromatic rings. The molecule has 4 rings (SSSR count). The fourth-order valence-electron chi connectivity index (χ4n) is 3.81. The van der Waals surface area contributed by atoms with Crippen LogP contribution in [0, 0.1) is 0 Å². The number of hydrogen-bond donors (Lipinski definition) is 1. The Balaban J connectivity index is 1.42. The van der Waals surface area contributed by atoms with Crippen LogP contribution in [-0.2, 0) is 22.4 Å². The quantitative estimate of drug-likeness (QED) is 0.609. The minimum Gasteiger partial charge on any atom is -0.496 e. The second-order valence-electron chi connectivity index (χ2n) is 7.37. The molecule has 1 N–H and O–H groups in total.